The van der Waals surface area contributed by atoms with Crippen molar-refractivity contribution in [2.24, 2.45) is 0 Å². The summed E-state index contributed by atoms with van der Waals surface area (Å²) >= 11 is 0. The first-order chi connectivity index (χ1) is 12.1. The summed E-state index contributed by atoms with van der Waals surface area (Å²) < 4.78 is 7.06. The highest BCUT2D eigenvalue weighted by molar-refractivity contribution is 6.38. The van der Waals surface area contributed by atoms with Gasteiger partial charge in [-0.05, 0) is 25.1 Å². The smallest absolute Gasteiger partial charge is 0.324 e. The van der Waals surface area contributed by atoms with Crippen LogP contribution in [-0.4, -0.2) is 63.6 Å². The van der Waals surface area contributed by atoms with E-state index in [4.69, 9.17) is 4.42 Å². The second-order valence-corrected chi connectivity index (χ2v) is 5.54. The standard InChI is InChI=1S/C16H19N5O4/c1-2-19-8-9-20(15(23)14(19)22)16(24)17-11-12(13-5-3-10-25-13)21-7-4-6-18-21/h3-7,10,12H,2,8-9,11H2,1H3,(H,17,24). The average molecular weight is 345 g/mol. The van der Waals surface area contributed by atoms with Gasteiger partial charge in [0.1, 0.15) is 11.8 Å². The van der Waals surface area contributed by atoms with Crippen LogP contribution >= 0.6 is 0 Å². The summed E-state index contributed by atoms with van der Waals surface area (Å²) in [6.45, 7) is 2.93. The number of nitrogens with one attached hydrogen (secondary N) is 1. The zero-order valence-corrected chi connectivity index (χ0v) is 13.8. The molecular weight excluding hydrogens is 326 g/mol. The summed E-state index contributed by atoms with van der Waals surface area (Å²) in [5, 5.41) is 6.86. The average Bonchev–Trinajstić information content (AvgIpc) is 3.31. The maximum absolute atomic E-state index is 12.4. The molecule has 0 aromatic carbocycles. The van der Waals surface area contributed by atoms with Gasteiger partial charge in [0.2, 0.25) is 0 Å². The van der Waals surface area contributed by atoms with E-state index in [1.165, 1.54) is 4.90 Å². The lowest BCUT2D eigenvalue weighted by atomic mass is 10.2. The van der Waals surface area contributed by atoms with Gasteiger partial charge in [0.25, 0.3) is 0 Å². The van der Waals surface area contributed by atoms with E-state index >= 15 is 0 Å². The highest BCUT2D eigenvalue weighted by atomic mass is 16.3. The number of amides is 4. The van der Waals surface area contributed by atoms with Crippen LogP contribution in [0.15, 0.2) is 41.3 Å². The van der Waals surface area contributed by atoms with Gasteiger partial charge in [-0.1, -0.05) is 0 Å². The number of hydrogen-bond acceptors (Lipinski definition) is 5. The quantitative estimate of drug-likeness (QED) is 0.794. The molecule has 1 fully saturated rings. The van der Waals surface area contributed by atoms with Crippen molar-refractivity contribution in [1.82, 2.24) is 24.9 Å². The van der Waals surface area contributed by atoms with Gasteiger partial charge < -0.3 is 14.6 Å². The third-order valence-electron chi connectivity index (χ3n) is 4.10. The number of urea groups is 1. The van der Waals surface area contributed by atoms with E-state index in [1.54, 1.807) is 48.5 Å². The van der Waals surface area contributed by atoms with Crippen LogP contribution in [0, 0.1) is 0 Å². The molecule has 0 spiro atoms. The first-order valence-corrected chi connectivity index (χ1v) is 8.03. The number of hydrogen-bond donors (Lipinski definition) is 1. The Balaban J connectivity index is 1.66. The summed E-state index contributed by atoms with van der Waals surface area (Å²) in [7, 11) is 0. The summed E-state index contributed by atoms with van der Waals surface area (Å²) in [6.07, 6.45) is 4.93. The third-order valence-corrected chi connectivity index (χ3v) is 4.10. The number of rotatable bonds is 5. The van der Waals surface area contributed by atoms with Crippen molar-refractivity contribution in [2.75, 3.05) is 26.2 Å². The minimum atomic E-state index is -0.806. The molecule has 0 aliphatic carbocycles. The van der Waals surface area contributed by atoms with Crippen molar-refractivity contribution in [2.45, 2.75) is 13.0 Å². The molecule has 0 saturated carbocycles. The first-order valence-electron chi connectivity index (χ1n) is 8.03. The van der Waals surface area contributed by atoms with Crippen LogP contribution in [0.4, 0.5) is 4.79 Å². The van der Waals surface area contributed by atoms with Gasteiger partial charge in [-0.25, -0.2) is 4.79 Å². The Hall–Kier alpha value is -3.10. The van der Waals surface area contributed by atoms with Crippen LogP contribution in [0.25, 0.3) is 0 Å². The first kappa shape index (κ1) is 16.7. The molecule has 2 aromatic heterocycles. The Morgan fingerprint density at radius 3 is 2.80 bits per heavy atom. The topological polar surface area (TPSA) is 101 Å². The number of furan rings is 1. The summed E-state index contributed by atoms with van der Waals surface area (Å²) in [5.41, 5.74) is 0. The molecule has 4 amide bonds. The van der Waals surface area contributed by atoms with E-state index < -0.39 is 17.8 Å². The predicted octanol–water partition coefficient (Wildman–Crippen LogP) is 0.466. The molecule has 1 unspecified atom stereocenters. The molecule has 1 saturated heterocycles. The maximum Gasteiger partial charge on any atom is 0.324 e. The van der Waals surface area contributed by atoms with Crippen molar-refractivity contribution < 1.29 is 18.8 Å². The van der Waals surface area contributed by atoms with Crippen LogP contribution in [0.5, 0.6) is 0 Å². The lowest BCUT2D eigenvalue weighted by Crippen LogP contribution is -2.58. The molecule has 3 heterocycles. The fourth-order valence-corrected chi connectivity index (χ4v) is 2.72. The minimum absolute atomic E-state index is 0.170. The largest absolute Gasteiger partial charge is 0.467 e. The van der Waals surface area contributed by atoms with E-state index in [0.717, 1.165) is 4.90 Å². The summed E-state index contributed by atoms with van der Waals surface area (Å²) in [6, 6.07) is 4.35. The summed E-state index contributed by atoms with van der Waals surface area (Å²) in [5.74, 6) is -0.833. The zero-order valence-electron chi connectivity index (χ0n) is 13.8. The van der Waals surface area contributed by atoms with Crippen molar-refractivity contribution in [3.05, 3.63) is 42.6 Å². The molecule has 2 aromatic rings. The maximum atomic E-state index is 12.4. The molecule has 0 bridgehead atoms. The number of carbonyl (C=O) groups excluding carboxylic acids is 3. The van der Waals surface area contributed by atoms with Crippen molar-refractivity contribution in [3.63, 3.8) is 0 Å². The highest BCUT2D eigenvalue weighted by Gasteiger charge is 2.35. The van der Waals surface area contributed by atoms with E-state index in [0.29, 0.717) is 18.8 Å². The van der Waals surface area contributed by atoms with E-state index in [1.807, 2.05) is 0 Å². The Labute approximate surface area is 144 Å². The van der Waals surface area contributed by atoms with Crippen LogP contribution in [0.2, 0.25) is 0 Å². The molecule has 0 radical (unpaired) electrons. The van der Waals surface area contributed by atoms with Gasteiger partial charge in [0.05, 0.1) is 6.26 Å². The van der Waals surface area contributed by atoms with E-state index in [-0.39, 0.29) is 19.1 Å². The zero-order chi connectivity index (χ0) is 17.8. The van der Waals surface area contributed by atoms with Crippen LogP contribution in [-0.2, 0) is 9.59 Å². The Morgan fingerprint density at radius 1 is 1.32 bits per heavy atom. The van der Waals surface area contributed by atoms with Gasteiger partial charge in [-0.3, -0.25) is 19.2 Å². The van der Waals surface area contributed by atoms with Gasteiger partial charge in [0, 0.05) is 38.6 Å². The number of aromatic nitrogens is 2. The fraction of sp³-hybridized carbons (Fsp3) is 0.375. The Bertz CT molecular complexity index is 706. The number of carbonyl (C=O) groups is 3. The van der Waals surface area contributed by atoms with Crippen LogP contribution in [0.3, 0.4) is 0 Å². The highest BCUT2D eigenvalue weighted by Crippen LogP contribution is 2.17. The van der Waals surface area contributed by atoms with Crippen molar-refractivity contribution >= 4 is 17.8 Å². The normalized spacial score (nSPS) is 16.2. The number of imide groups is 1. The Morgan fingerprint density at radius 2 is 2.16 bits per heavy atom. The van der Waals surface area contributed by atoms with Crippen LogP contribution < -0.4 is 5.32 Å². The van der Waals surface area contributed by atoms with Crippen molar-refractivity contribution in [1.29, 1.82) is 0 Å². The molecule has 1 N–H and O–H groups in total. The van der Waals surface area contributed by atoms with Gasteiger partial charge in [-0.2, -0.15) is 5.10 Å². The predicted molar refractivity (Wildman–Crippen MR) is 86.4 cm³/mol. The molecule has 132 valence electrons. The second kappa shape index (κ2) is 7.20. The lowest BCUT2D eigenvalue weighted by molar-refractivity contribution is -0.153. The fourth-order valence-electron chi connectivity index (χ4n) is 2.72. The molecule has 25 heavy (non-hydrogen) atoms. The Kier molecular flexibility index (Phi) is 4.82. The molecule has 3 rings (SSSR count). The third kappa shape index (κ3) is 3.39. The molecule has 1 aliphatic rings. The SMILES string of the molecule is CCN1CCN(C(=O)NCC(c2ccco2)n2cccn2)C(=O)C1=O. The number of nitrogens with zero attached hydrogens (tertiary/aromatic N) is 4. The van der Waals surface area contributed by atoms with Crippen molar-refractivity contribution in [3.8, 4) is 0 Å². The van der Waals surface area contributed by atoms with Gasteiger partial charge in [-0.15, -0.1) is 0 Å². The minimum Gasteiger partial charge on any atom is -0.467 e. The molecular formula is C16H19N5O4. The van der Waals surface area contributed by atoms with Crippen LogP contribution in [0.1, 0.15) is 18.7 Å². The van der Waals surface area contributed by atoms with E-state index in [2.05, 4.69) is 10.4 Å². The number of likely N-dealkylation sites (N-methyl/N-ethyl adjacent to an activating group) is 1. The van der Waals surface area contributed by atoms with Gasteiger partial charge in [0.15, 0.2) is 0 Å². The molecule has 1 atom stereocenters. The monoisotopic (exact) mass is 345 g/mol. The van der Waals surface area contributed by atoms with Gasteiger partial charge >= 0.3 is 17.8 Å². The molecule has 1 aliphatic heterocycles. The lowest BCUT2D eigenvalue weighted by Gasteiger charge is -2.32. The summed E-state index contributed by atoms with van der Waals surface area (Å²) in [4.78, 5) is 38.7. The molecule has 9 heteroatoms. The van der Waals surface area contributed by atoms with E-state index in [9.17, 15) is 14.4 Å². The molecule has 9 nitrogen and oxygen atoms in total. The number of piperazine rings is 1. The second-order valence-electron chi connectivity index (χ2n) is 5.54.